The van der Waals surface area contributed by atoms with Crippen LogP contribution in [0.1, 0.15) is 35.7 Å². The van der Waals surface area contributed by atoms with Crippen molar-refractivity contribution in [2.24, 2.45) is 5.92 Å². The van der Waals surface area contributed by atoms with E-state index in [-0.39, 0.29) is 24.9 Å². The second kappa shape index (κ2) is 7.98. The molecule has 0 aromatic heterocycles. The van der Waals surface area contributed by atoms with Crippen molar-refractivity contribution in [2.45, 2.75) is 26.3 Å². The van der Waals surface area contributed by atoms with Crippen molar-refractivity contribution in [3.63, 3.8) is 0 Å². The standard InChI is InChI=1S/C21H23N3O5/c1-14-6-8-23(9-7-14)18-4-3-16(24(26)27)11-17(18)21(25)22-12-15-2-5-19-20(10-15)29-13-28-19/h2-5,10-11,14H,6-9,12-13H2,1H3,(H,22,25). The monoisotopic (exact) mass is 397 g/mol. The molecule has 2 aliphatic heterocycles. The van der Waals surface area contributed by atoms with Crippen molar-refractivity contribution < 1.29 is 19.2 Å². The summed E-state index contributed by atoms with van der Waals surface area (Å²) in [6.45, 7) is 4.36. The SMILES string of the molecule is CC1CCN(c2ccc([N+](=O)[O-])cc2C(=O)NCc2ccc3c(c2)OCO3)CC1. The molecule has 0 radical (unpaired) electrons. The number of ether oxygens (including phenoxy) is 2. The average molecular weight is 397 g/mol. The number of nitro groups is 1. The maximum atomic E-state index is 12.9. The third-order valence-electron chi connectivity index (χ3n) is 5.45. The Kier molecular flexibility index (Phi) is 5.24. The highest BCUT2D eigenvalue weighted by atomic mass is 16.7. The number of nitrogens with one attached hydrogen (secondary N) is 1. The van der Waals surface area contributed by atoms with Crippen LogP contribution in [-0.4, -0.2) is 30.7 Å². The molecule has 152 valence electrons. The number of hydrogen-bond donors (Lipinski definition) is 1. The van der Waals surface area contributed by atoms with Crippen molar-refractivity contribution in [1.82, 2.24) is 5.32 Å². The lowest BCUT2D eigenvalue weighted by atomic mass is 9.98. The molecule has 0 bridgehead atoms. The first-order chi connectivity index (χ1) is 14.0. The van der Waals surface area contributed by atoms with Crippen LogP contribution < -0.4 is 19.7 Å². The van der Waals surface area contributed by atoms with Crippen LogP contribution in [0.3, 0.4) is 0 Å². The summed E-state index contributed by atoms with van der Waals surface area (Å²) in [7, 11) is 0. The van der Waals surface area contributed by atoms with E-state index in [2.05, 4.69) is 17.1 Å². The molecule has 29 heavy (non-hydrogen) atoms. The van der Waals surface area contributed by atoms with Crippen LogP contribution in [0.25, 0.3) is 0 Å². The highest BCUT2D eigenvalue weighted by molar-refractivity contribution is 6.00. The Morgan fingerprint density at radius 2 is 1.93 bits per heavy atom. The van der Waals surface area contributed by atoms with E-state index in [4.69, 9.17) is 9.47 Å². The van der Waals surface area contributed by atoms with E-state index >= 15 is 0 Å². The van der Waals surface area contributed by atoms with Gasteiger partial charge in [-0.25, -0.2) is 0 Å². The third-order valence-corrected chi connectivity index (χ3v) is 5.45. The van der Waals surface area contributed by atoms with Gasteiger partial charge in [-0.1, -0.05) is 13.0 Å². The third kappa shape index (κ3) is 4.11. The fourth-order valence-electron chi connectivity index (χ4n) is 3.67. The number of fused-ring (bicyclic) bond motifs is 1. The maximum Gasteiger partial charge on any atom is 0.270 e. The molecule has 2 aromatic rings. The number of non-ortho nitro benzene ring substituents is 1. The summed E-state index contributed by atoms with van der Waals surface area (Å²) in [4.78, 5) is 25.8. The van der Waals surface area contributed by atoms with Gasteiger partial charge < -0.3 is 19.7 Å². The number of piperidine rings is 1. The van der Waals surface area contributed by atoms with Crippen molar-refractivity contribution in [1.29, 1.82) is 0 Å². The predicted octanol–water partition coefficient (Wildman–Crippen LogP) is 3.49. The molecule has 0 saturated carbocycles. The number of carbonyl (C=O) groups excluding carboxylic acids is 1. The summed E-state index contributed by atoms with van der Waals surface area (Å²) in [5, 5.41) is 14.1. The van der Waals surface area contributed by atoms with E-state index in [0.717, 1.165) is 37.2 Å². The summed E-state index contributed by atoms with van der Waals surface area (Å²) in [6, 6.07) is 9.99. The Hall–Kier alpha value is -3.29. The van der Waals surface area contributed by atoms with Gasteiger partial charge in [0.25, 0.3) is 11.6 Å². The molecule has 2 aliphatic rings. The van der Waals surface area contributed by atoms with Crippen LogP contribution in [0.15, 0.2) is 36.4 Å². The van der Waals surface area contributed by atoms with Gasteiger partial charge in [0.1, 0.15) is 0 Å². The number of benzene rings is 2. The molecule has 1 saturated heterocycles. The molecular formula is C21H23N3O5. The van der Waals surface area contributed by atoms with Crippen LogP contribution in [0.5, 0.6) is 11.5 Å². The van der Waals surface area contributed by atoms with Gasteiger partial charge in [-0.05, 0) is 42.5 Å². The van der Waals surface area contributed by atoms with Gasteiger partial charge in [0.05, 0.1) is 16.2 Å². The zero-order valence-corrected chi connectivity index (χ0v) is 16.2. The lowest BCUT2D eigenvalue weighted by molar-refractivity contribution is -0.384. The molecule has 4 rings (SSSR count). The molecule has 1 amide bonds. The predicted molar refractivity (Wildman–Crippen MR) is 107 cm³/mol. The van der Waals surface area contributed by atoms with Gasteiger partial charge >= 0.3 is 0 Å². The first kappa shape index (κ1) is 19.0. The van der Waals surface area contributed by atoms with Gasteiger partial charge in [0, 0.05) is 31.8 Å². The smallest absolute Gasteiger partial charge is 0.270 e. The average Bonchev–Trinajstić information content (AvgIpc) is 3.20. The maximum absolute atomic E-state index is 12.9. The normalized spacial score (nSPS) is 16.0. The van der Waals surface area contributed by atoms with Crippen molar-refractivity contribution in [3.8, 4) is 11.5 Å². The summed E-state index contributed by atoms with van der Waals surface area (Å²) >= 11 is 0. The fourth-order valence-corrected chi connectivity index (χ4v) is 3.67. The second-order valence-electron chi connectivity index (χ2n) is 7.50. The Morgan fingerprint density at radius 3 is 2.69 bits per heavy atom. The van der Waals surface area contributed by atoms with E-state index in [0.29, 0.717) is 23.0 Å². The number of carbonyl (C=O) groups is 1. The molecule has 8 heteroatoms. The van der Waals surface area contributed by atoms with E-state index in [1.807, 2.05) is 12.1 Å². The largest absolute Gasteiger partial charge is 0.454 e. The highest BCUT2D eigenvalue weighted by Crippen LogP contribution is 2.33. The van der Waals surface area contributed by atoms with Crippen LogP contribution in [0.2, 0.25) is 0 Å². The Morgan fingerprint density at radius 1 is 1.17 bits per heavy atom. The number of amides is 1. The topological polar surface area (TPSA) is 93.9 Å². The van der Waals surface area contributed by atoms with E-state index in [9.17, 15) is 14.9 Å². The van der Waals surface area contributed by atoms with E-state index < -0.39 is 4.92 Å². The number of nitrogens with zero attached hydrogens (tertiary/aromatic N) is 2. The number of anilines is 1. The summed E-state index contributed by atoms with van der Waals surface area (Å²) < 4.78 is 10.7. The number of rotatable bonds is 5. The molecule has 0 aliphatic carbocycles. The van der Waals surface area contributed by atoms with Gasteiger partial charge in [-0.2, -0.15) is 0 Å². The zero-order valence-electron chi connectivity index (χ0n) is 16.2. The minimum absolute atomic E-state index is 0.0904. The minimum Gasteiger partial charge on any atom is -0.454 e. The summed E-state index contributed by atoms with van der Waals surface area (Å²) in [5.41, 5.74) is 1.84. The van der Waals surface area contributed by atoms with Crippen LogP contribution in [0.4, 0.5) is 11.4 Å². The Labute approximate surface area is 168 Å². The lowest BCUT2D eigenvalue weighted by Crippen LogP contribution is -2.35. The first-order valence-corrected chi connectivity index (χ1v) is 9.71. The fraction of sp³-hybridized carbons (Fsp3) is 0.381. The summed E-state index contributed by atoms with van der Waals surface area (Å²) in [5.74, 6) is 1.64. The molecule has 0 atom stereocenters. The van der Waals surface area contributed by atoms with E-state index in [1.54, 1.807) is 12.1 Å². The van der Waals surface area contributed by atoms with E-state index in [1.165, 1.54) is 12.1 Å². The molecule has 1 N–H and O–H groups in total. The molecular weight excluding hydrogens is 374 g/mol. The van der Waals surface area contributed by atoms with Crippen molar-refractivity contribution >= 4 is 17.3 Å². The lowest BCUT2D eigenvalue weighted by Gasteiger charge is -2.33. The first-order valence-electron chi connectivity index (χ1n) is 9.71. The van der Waals surface area contributed by atoms with Gasteiger partial charge in [-0.15, -0.1) is 0 Å². The Bertz CT molecular complexity index is 938. The van der Waals surface area contributed by atoms with Gasteiger partial charge in [0.2, 0.25) is 6.79 Å². The second-order valence-corrected chi connectivity index (χ2v) is 7.50. The molecule has 0 spiro atoms. The molecule has 2 aromatic carbocycles. The quantitative estimate of drug-likeness (QED) is 0.613. The number of hydrogen-bond acceptors (Lipinski definition) is 6. The van der Waals surface area contributed by atoms with Gasteiger partial charge in [-0.3, -0.25) is 14.9 Å². The number of nitro benzene ring substituents is 1. The minimum atomic E-state index is -0.476. The highest BCUT2D eigenvalue weighted by Gasteiger charge is 2.23. The molecule has 0 unspecified atom stereocenters. The van der Waals surface area contributed by atoms with Crippen LogP contribution >= 0.6 is 0 Å². The van der Waals surface area contributed by atoms with Crippen molar-refractivity contribution in [3.05, 3.63) is 57.6 Å². The molecule has 2 heterocycles. The zero-order chi connectivity index (χ0) is 20.4. The summed E-state index contributed by atoms with van der Waals surface area (Å²) in [6.07, 6.45) is 2.07. The van der Waals surface area contributed by atoms with Crippen molar-refractivity contribution in [2.75, 3.05) is 24.8 Å². The molecule has 8 nitrogen and oxygen atoms in total. The Balaban J connectivity index is 1.54. The van der Waals surface area contributed by atoms with Gasteiger partial charge in [0.15, 0.2) is 11.5 Å². The van der Waals surface area contributed by atoms with Crippen LogP contribution in [-0.2, 0) is 6.54 Å². The molecule has 1 fully saturated rings. The van der Waals surface area contributed by atoms with Crippen LogP contribution in [0, 0.1) is 16.0 Å².